The maximum Gasteiger partial charge on any atom is 0.205 e. The molecule has 0 aliphatic heterocycles. The van der Waals surface area contributed by atoms with E-state index in [1.807, 2.05) is 49.0 Å². The number of hydrogen-bond acceptors (Lipinski definition) is 3. The van der Waals surface area contributed by atoms with Crippen molar-refractivity contribution in [2.75, 3.05) is 0 Å². The summed E-state index contributed by atoms with van der Waals surface area (Å²) in [5, 5.41) is 12.6. The van der Waals surface area contributed by atoms with E-state index in [1.165, 1.54) is 0 Å². The molecule has 0 saturated carbocycles. The largest absolute Gasteiger partial charge is 0.244 e. The monoisotopic (exact) mass is 213 g/mol. The topological polar surface area (TPSA) is 48.5 Å². The highest BCUT2D eigenvalue weighted by Gasteiger charge is 2.13. The van der Waals surface area contributed by atoms with Crippen molar-refractivity contribution in [1.82, 2.24) is 24.8 Å². The third-order valence-corrected chi connectivity index (χ3v) is 2.60. The van der Waals surface area contributed by atoms with E-state index in [-0.39, 0.29) is 0 Å². The molecule has 0 aliphatic carbocycles. The number of nitrogens with zero attached hydrogens (tertiary/aromatic N) is 5. The zero-order valence-corrected chi connectivity index (χ0v) is 9.12. The van der Waals surface area contributed by atoms with Crippen molar-refractivity contribution in [3.63, 3.8) is 0 Å². The third-order valence-electron chi connectivity index (χ3n) is 2.60. The first-order valence-corrected chi connectivity index (χ1v) is 5.08. The van der Waals surface area contributed by atoms with Crippen molar-refractivity contribution in [2.45, 2.75) is 6.92 Å². The van der Waals surface area contributed by atoms with Crippen molar-refractivity contribution < 1.29 is 0 Å². The number of hydrogen-bond donors (Lipinski definition) is 0. The Morgan fingerprint density at radius 1 is 1.12 bits per heavy atom. The van der Waals surface area contributed by atoms with Gasteiger partial charge in [-0.3, -0.25) is 0 Å². The molecule has 16 heavy (non-hydrogen) atoms. The van der Waals surface area contributed by atoms with Gasteiger partial charge in [-0.25, -0.2) is 9.36 Å². The Labute approximate surface area is 92.3 Å². The Balaban J connectivity index is 2.33. The van der Waals surface area contributed by atoms with Gasteiger partial charge in [0.25, 0.3) is 0 Å². The van der Waals surface area contributed by atoms with E-state index in [0.29, 0.717) is 0 Å². The van der Waals surface area contributed by atoms with Crippen LogP contribution >= 0.6 is 0 Å². The minimum absolute atomic E-state index is 0.797. The fourth-order valence-corrected chi connectivity index (χ4v) is 1.88. The fraction of sp³-hybridized carbons (Fsp3) is 0.182. The van der Waals surface area contributed by atoms with Crippen LogP contribution < -0.4 is 0 Å². The van der Waals surface area contributed by atoms with Gasteiger partial charge in [0.15, 0.2) is 0 Å². The standard InChI is InChI=1S/C11H11N5/c1-8-10-11(12-14-15(10)2)16(13-8)9-6-4-3-5-7-9/h3-7H,1-2H3. The maximum absolute atomic E-state index is 4.47. The molecule has 0 spiro atoms. The van der Waals surface area contributed by atoms with E-state index in [2.05, 4.69) is 15.4 Å². The first-order chi connectivity index (χ1) is 7.77. The second-order valence-corrected chi connectivity index (χ2v) is 3.72. The lowest BCUT2D eigenvalue weighted by Crippen LogP contribution is -1.97. The Kier molecular flexibility index (Phi) is 1.80. The van der Waals surface area contributed by atoms with Crippen LogP contribution in [0, 0.1) is 6.92 Å². The molecule has 0 atom stereocenters. The molecule has 3 rings (SSSR count). The molecular formula is C11H11N5. The second-order valence-electron chi connectivity index (χ2n) is 3.72. The Bertz CT molecular complexity index is 635. The summed E-state index contributed by atoms with van der Waals surface area (Å²) < 4.78 is 3.56. The minimum atomic E-state index is 0.797. The van der Waals surface area contributed by atoms with Crippen LogP contribution in [0.15, 0.2) is 30.3 Å². The summed E-state index contributed by atoms with van der Waals surface area (Å²) in [6, 6.07) is 9.94. The lowest BCUT2D eigenvalue weighted by molar-refractivity contribution is 0.722. The molecule has 0 bridgehead atoms. The number of fused-ring (bicyclic) bond motifs is 1. The Morgan fingerprint density at radius 3 is 2.62 bits per heavy atom. The number of rotatable bonds is 1. The number of aryl methyl sites for hydroxylation is 2. The molecule has 0 aliphatic rings. The summed E-state index contributed by atoms with van der Waals surface area (Å²) in [4.78, 5) is 0. The van der Waals surface area contributed by atoms with E-state index < -0.39 is 0 Å². The van der Waals surface area contributed by atoms with Gasteiger partial charge in [-0.05, 0) is 19.1 Å². The molecule has 5 heteroatoms. The second kappa shape index (κ2) is 3.16. The molecule has 5 nitrogen and oxygen atoms in total. The molecular weight excluding hydrogens is 202 g/mol. The van der Waals surface area contributed by atoms with Gasteiger partial charge in [-0.2, -0.15) is 5.10 Å². The van der Waals surface area contributed by atoms with Crippen molar-refractivity contribution in [2.24, 2.45) is 7.05 Å². The SMILES string of the molecule is Cc1nn(-c2ccccc2)c2nnn(C)c12. The maximum atomic E-state index is 4.47. The van der Waals surface area contributed by atoms with E-state index in [4.69, 9.17) is 0 Å². The molecule has 0 radical (unpaired) electrons. The number of aromatic nitrogens is 5. The van der Waals surface area contributed by atoms with Crippen LogP contribution in [0.25, 0.3) is 16.9 Å². The minimum Gasteiger partial charge on any atom is -0.244 e. The molecule has 1 aromatic carbocycles. The average Bonchev–Trinajstić information content (AvgIpc) is 2.83. The van der Waals surface area contributed by atoms with E-state index >= 15 is 0 Å². The van der Waals surface area contributed by atoms with Crippen molar-refractivity contribution in [3.05, 3.63) is 36.0 Å². The summed E-state index contributed by atoms with van der Waals surface area (Å²) in [6.45, 7) is 1.96. The molecule has 0 saturated heterocycles. The molecule has 2 aromatic heterocycles. The summed E-state index contributed by atoms with van der Waals surface area (Å²) in [7, 11) is 1.87. The van der Waals surface area contributed by atoms with Gasteiger partial charge in [0.05, 0.1) is 11.4 Å². The lowest BCUT2D eigenvalue weighted by atomic mass is 10.3. The van der Waals surface area contributed by atoms with Gasteiger partial charge < -0.3 is 0 Å². The molecule has 0 amide bonds. The summed E-state index contributed by atoms with van der Waals surface area (Å²) >= 11 is 0. The molecule has 0 N–H and O–H groups in total. The van der Waals surface area contributed by atoms with Gasteiger partial charge in [0.2, 0.25) is 5.65 Å². The van der Waals surface area contributed by atoms with E-state index in [9.17, 15) is 0 Å². The van der Waals surface area contributed by atoms with Gasteiger partial charge in [0.1, 0.15) is 5.52 Å². The summed E-state index contributed by atoms with van der Waals surface area (Å²) in [5.74, 6) is 0. The summed E-state index contributed by atoms with van der Waals surface area (Å²) in [6.07, 6.45) is 0. The first kappa shape index (κ1) is 9.08. The van der Waals surface area contributed by atoms with Crippen LogP contribution in [0.1, 0.15) is 5.69 Å². The lowest BCUT2D eigenvalue weighted by Gasteiger charge is -1.99. The highest BCUT2D eigenvalue weighted by atomic mass is 15.5. The van der Waals surface area contributed by atoms with Crippen molar-refractivity contribution >= 4 is 11.2 Å². The first-order valence-electron chi connectivity index (χ1n) is 5.08. The van der Waals surface area contributed by atoms with Gasteiger partial charge >= 0.3 is 0 Å². The molecule has 0 fully saturated rings. The van der Waals surface area contributed by atoms with Crippen LogP contribution in [-0.2, 0) is 7.05 Å². The van der Waals surface area contributed by atoms with Gasteiger partial charge in [-0.1, -0.05) is 23.4 Å². The van der Waals surface area contributed by atoms with Gasteiger partial charge in [-0.15, -0.1) is 5.10 Å². The van der Waals surface area contributed by atoms with Gasteiger partial charge in [0, 0.05) is 7.05 Å². The quantitative estimate of drug-likeness (QED) is 0.615. The fourth-order valence-electron chi connectivity index (χ4n) is 1.88. The Hall–Kier alpha value is -2.17. The zero-order valence-electron chi connectivity index (χ0n) is 9.12. The molecule has 3 aromatic rings. The highest BCUT2D eigenvalue weighted by Crippen LogP contribution is 2.18. The average molecular weight is 213 g/mol. The van der Waals surface area contributed by atoms with Crippen molar-refractivity contribution in [1.29, 1.82) is 0 Å². The molecule has 2 heterocycles. The smallest absolute Gasteiger partial charge is 0.205 e. The van der Waals surface area contributed by atoms with Crippen LogP contribution in [0.4, 0.5) is 0 Å². The highest BCUT2D eigenvalue weighted by molar-refractivity contribution is 5.75. The van der Waals surface area contributed by atoms with Crippen LogP contribution in [0.5, 0.6) is 0 Å². The number of benzene rings is 1. The van der Waals surface area contributed by atoms with Crippen LogP contribution in [0.2, 0.25) is 0 Å². The van der Waals surface area contributed by atoms with Crippen LogP contribution in [0.3, 0.4) is 0 Å². The zero-order chi connectivity index (χ0) is 11.1. The third kappa shape index (κ3) is 1.14. The summed E-state index contributed by atoms with van der Waals surface area (Å²) in [5.41, 5.74) is 3.71. The molecule has 0 unspecified atom stereocenters. The van der Waals surface area contributed by atoms with E-state index in [1.54, 1.807) is 4.68 Å². The normalized spacial score (nSPS) is 11.1. The predicted octanol–water partition coefficient (Wildman–Crippen LogP) is 1.46. The predicted molar refractivity (Wildman–Crippen MR) is 60.4 cm³/mol. The van der Waals surface area contributed by atoms with Crippen LogP contribution in [-0.4, -0.2) is 24.8 Å². The number of para-hydroxylation sites is 1. The molecule has 80 valence electrons. The van der Waals surface area contributed by atoms with E-state index in [0.717, 1.165) is 22.5 Å². The van der Waals surface area contributed by atoms with Crippen molar-refractivity contribution in [3.8, 4) is 5.69 Å². The Morgan fingerprint density at radius 2 is 1.88 bits per heavy atom.